The molecule has 1 amide bonds. The highest BCUT2D eigenvalue weighted by Gasteiger charge is 2.47. The van der Waals surface area contributed by atoms with E-state index < -0.39 is 60.9 Å². The topological polar surface area (TPSA) is 163 Å². The molecule has 212 valence electrons. The molecule has 12 nitrogen and oxygen atoms in total. The second-order valence-electron chi connectivity index (χ2n) is 9.97. The maximum absolute atomic E-state index is 14.4. The van der Waals surface area contributed by atoms with Gasteiger partial charge in [0.15, 0.2) is 11.6 Å². The predicted octanol–water partition coefficient (Wildman–Crippen LogP) is 1.82. The lowest BCUT2D eigenvalue weighted by molar-refractivity contribution is -0.212. The van der Waals surface area contributed by atoms with E-state index in [2.05, 4.69) is 15.5 Å². The molecule has 6 atom stereocenters. The minimum Gasteiger partial charge on any atom is -0.465 e. The number of hydrogen-bond acceptors (Lipinski definition) is 9. The van der Waals surface area contributed by atoms with Crippen LogP contribution in [-0.4, -0.2) is 102 Å². The minimum atomic E-state index is -1.39. The molecule has 1 unspecified atom stereocenters. The Hall–Kier alpha value is -2.91. The highest BCUT2D eigenvalue weighted by Crippen LogP contribution is 2.35. The maximum atomic E-state index is 14.4. The van der Waals surface area contributed by atoms with Gasteiger partial charge in [0.05, 0.1) is 29.6 Å². The first-order valence-corrected chi connectivity index (χ1v) is 12.9. The summed E-state index contributed by atoms with van der Waals surface area (Å²) >= 11 is 5.63. The summed E-state index contributed by atoms with van der Waals surface area (Å²) in [4.78, 5) is 18.1. The number of piperidine rings is 1. The summed E-state index contributed by atoms with van der Waals surface area (Å²) in [7, 11) is 0. The van der Waals surface area contributed by atoms with Gasteiger partial charge in [0, 0.05) is 37.4 Å². The van der Waals surface area contributed by atoms with Crippen LogP contribution in [0.4, 0.5) is 13.6 Å². The molecule has 39 heavy (non-hydrogen) atoms. The Morgan fingerprint density at radius 2 is 1.85 bits per heavy atom. The fourth-order valence-corrected chi connectivity index (χ4v) is 5.58. The van der Waals surface area contributed by atoms with E-state index >= 15 is 0 Å². The highest BCUT2D eigenvalue weighted by molar-refractivity contribution is 6.30. The molecule has 2 saturated heterocycles. The molecule has 3 aliphatic heterocycles. The molecule has 5 rings (SSSR count). The van der Waals surface area contributed by atoms with E-state index in [9.17, 15) is 28.9 Å². The van der Waals surface area contributed by atoms with E-state index in [1.165, 1.54) is 23.2 Å². The average molecular weight is 572 g/mol. The van der Waals surface area contributed by atoms with Gasteiger partial charge in [0.25, 0.3) is 0 Å². The number of amides is 1. The van der Waals surface area contributed by atoms with E-state index in [1.54, 1.807) is 0 Å². The second-order valence-corrected chi connectivity index (χ2v) is 10.4. The van der Waals surface area contributed by atoms with Crippen molar-refractivity contribution in [2.24, 2.45) is 11.1 Å². The molecule has 15 heteroatoms. The number of halogens is 3. The van der Waals surface area contributed by atoms with Crippen molar-refractivity contribution in [2.75, 3.05) is 19.7 Å². The lowest BCUT2D eigenvalue weighted by atomic mass is 9.86. The number of carbonyl (C=O) groups is 1. The van der Waals surface area contributed by atoms with E-state index in [0.29, 0.717) is 32.4 Å². The Bertz CT molecular complexity index is 1240. The van der Waals surface area contributed by atoms with Gasteiger partial charge in [0.1, 0.15) is 36.2 Å². The fraction of sp³-hybridized carbons (Fsp3) is 0.583. The average Bonchev–Trinajstić information content (AvgIpc) is 3.59. The van der Waals surface area contributed by atoms with Gasteiger partial charge in [0.2, 0.25) is 0 Å². The van der Waals surface area contributed by atoms with Crippen LogP contribution >= 0.6 is 11.6 Å². The van der Waals surface area contributed by atoms with Crippen molar-refractivity contribution in [3.63, 3.8) is 0 Å². The molecular weight excluding hydrogens is 544 g/mol. The summed E-state index contributed by atoms with van der Waals surface area (Å²) in [5.41, 5.74) is 0.577. The maximum Gasteiger partial charge on any atom is 0.407 e. The molecule has 0 aliphatic carbocycles. The van der Waals surface area contributed by atoms with E-state index in [0.717, 1.165) is 10.4 Å². The van der Waals surface area contributed by atoms with E-state index in [-0.39, 0.29) is 28.6 Å². The van der Waals surface area contributed by atoms with Gasteiger partial charge in [-0.3, -0.25) is 0 Å². The molecule has 0 radical (unpaired) electrons. The van der Waals surface area contributed by atoms with Gasteiger partial charge < -0.3 is 34.9 Å². The van der Waals surface area contributed by atoms with Crippen LogP contribution in [0.25, 0.3) is 11.3 Å². The van der Waals surface area contributed by atoms with E-state index in [4.69, 9.17) is 26.3 Å². The van der Waals surface area contributed by atoms with Crippen molar-refractivity contribution in [1.82, 2.24) is 19.9 Å². The molecule has 0 spiro atoms. The largest absolute Gasteiger partial charge is 0.465 e. The lowest BCUT2D eigenvalue weighted by Gasteiger charge is -2.42. The number of rotatable bonds is 6. The van der Waals surface area contributed by atoms with E-state index in [1.807, 2.05) is 0 Å². The van der Waals surface area contributed by atoms with Crippen LogP contribution in [0.15, 0.2) is 23.5 Å². The molecule has 0 bridgehead atoms. The van der Waals surface area contributed by atoms with Crippen molar-refractivity contribution in [2.45, 2.75) is 62.2 Å². The van der Waals surface area contributed by atoms with Crippen LogP contribution in [0.3, 0.4) is 0 Å². The normalized spacial score (nSPS) is 29.8. The number of aliphatic hydroxyl groups is 3. The van der Waals surface area contributed by atoms with Crippen molar-refractivity contribution in [1.29, 1.82) is 0 Å². The first-order chi connectivity index (χ1) is 18.7. The van der Waals surface area contributed by atoms with Crippen LogP contribution in [0.1, 0.15) is 31.7 Å². The number of carboxylic acid groups (broad SMARTS) is 1. The number of likely N-dealkylation sites (tertiary alicyclic amines) is 1. The number of hydrogen-bond donors (Lipinski definition) is 4. The molecular formula is C24H28ClF2N5O7. The number of aromatic nitrogens is 3. The summed E-state index contributed by atoms with van der Waals surface area (Å²) in [5.74, 6) is -2.35. The molecule has 4 heterocycles. The summed E-state index contributed by atoms with van der Waals surface area (Å²) in [5, 5.41) is 52.6. The van der Waals surface area contributed by atoms with Gasteiger partial charge in [-0.15, -0.1) is 5.10 Å². The number of nitrogens with zero attached hydrogens (tertiary/aromatic N) is 5. The zero-order valence-electron chi connectivity index (χ0n) is 20.6. The van der Waals surface area contributed by atoms with Crippen LogP contribution in [0.5, 0.6) is 0 Å². The standard InChI is InChI=1S/C24H28ClF2N5O7/c25-14-2-1-13(19(26)20(14)27)16-9-32(30-28-16)21-22(34)17(38-18(10-33)23(21)35)8-12-7-15(29-39-12)11-3-5-31(6-4-11)24(36)37/h1-2,9,11-12,17-18,21-23,33-35H,3-8,10H2,(H,36,37)/t12?,17-,18-,21-,22+,23+/m1/s1. The smallest absolute Gasteiger partial charge is 0.407 e. The lowest BCUT2D eigenvalue weighted by Crippen LogP contribution is -2.56. The van der Waals surface area contributed by atoms with Crippen molar-refractivity contribution in [3.05, 3.63) is 35.0 Å². The highest BCUT2D eigenvalue weighted by atomic mass is 35.5. The SMILES string of the molecule is O=C(O)N1CCC(C2=NOC(C[C@H]3O[C@H](CO)[C@H](O)[C@H](n4cc(-c5ccc(Cl)c(F)c5F)nn4)[C@H]3O)C2)CC1. The fourth-order valence-electron chi connectivity index (χ4n) is 5.44. The Labute approximate surface area is 226 Å². The number of oxime groups is 1. The Morgan fingerprint density at radius 1 is 1.13 bits per heavy atom. The number of benzene rings is 1. The summed E-state index contributed by atoms with van der Waals surface area (Å²) in [6.07, 6.45) is -2.87. The summed E-state index contributed by atoms with van der Waals surface area (Å²) in [6.45, 7) is 0.283. The third-order valence-corrected chi connectivity index (χ3v) is 7.90. The number of aliphatic hydroxyl groups excluding tert-OH is 3. The van der Waals surface area contributed by atoms with Gasteiger partial charge in [-0.1, -0.05) is 22.0 Å². The number of ether oxygens (including phenoxy) is 1. The third kappa shape index (κ3) is 5.43. The molecule has 2 fully saturated rings. The molecule has 4 N–H and O–H groups in total. The first-order valence-electron chi connectivity index (χ1n) is 12.6. The zero-order valence-corrected chi connectivity index (χ0v) is 21.4. The minimum absolute atomic E-state index is 0.0443. The molecule has 1 aromatic carbocycles. The van der Waals surface area contributed by atoms with Crippen molar-refractivity contribution < 1.29 is 43.6 Å². The molecule has 1 aromatic heterocycles. The summed E-state index contributed by atoms with van der Waals surface area (Å²) < 4.78 is 35.3. The quantitative estimate of drug-likeness (QED) is 0.379. The van der Waals surface area contributed by atoms with Gasteiger partial charge in [-0.2, -0.15) is 0 Å². The van der Waals surface area contributed by atoms with Gasteiger partial charge >= 0.3 is 6.09 Å². The monoisotopic (exact) mass is 571 g/mol. The molecule has 2 aromatic rings. The Morgan fingerprint density at radius 3 is 2.54 bits per heavy atom. The van der Waals surface area contributed by atoms with Crippen molar-refractivity contribution >= 4 is 23.4 Å². The first kappa shape index (κ1) is 27.6. The predicted molar refractivity (Wildman–Crippen MR) is 131 cm³/mol. The second kappa shape index (κ2) is 11.3. The van der Waals surface area contributed by atoms with Crippen LogP contribution in [0.2, 0.25) is 5.02 Å². The zero-order chi connectivity index (χ0) is 27.8. The van der Waals surface area contributed by atoms with Crippen molar-refractivity contribution in [3.8, 4) is 11.3 Å². The third-order valence-electron chi connectivity index (χ3n) is 7.61. The Kier molecular flexibility index (Phi) is 8.01. The summed E-state index contributed by atoms with van der Waals surface area (Å²) in [6, 6.07) is 1.30. The van der Waals surface area contributed by atoms with Crippen LogP contribution in [0, 0.1) is 17.6 Å². The van der Waals surface area contributed by atoms with Crippen LogP contribution < -0.4 is 0 Å². The molecule has 3 aliphatic rings. The van der Waals surface area contributed by atoms with Crippen LogP contribution in [-0.2, 0) is 9.57 Å². The van der Waals surface area contributed by atoms with Gasteiger partial charge in [-0.25, -0.2) is 18.3 Å². The van der Waals surface area contributed by atoms with Gasteiger partial charge in [-0.05, 0) is 25.0 Å². The molecule has 0 saturated carbocycles. The Balaban J connectivity index is 1.27.